The number of thiophene rings is 1. The van der Waals surface area contributed by atoms with Gasteiger partial charge in [0.1, 0.15) is 5.54 Å². The lowest BCUT2D eigenvalue weighted by atomic mass is 9.98. The molecule has 0 aliphatic heterocycles. The van der Waals surface area contributed by atoms with Gasteiger partial charge < -0.3 is 10.4 Å². The standard InChI is InChI=1S/C14H19NO3S/c1-3-10-9(2)8-11(19-10)12(16)15-14(13(17)18)6-4-5-7-14/h8H,3-7H2,1-2H3,(H,15,16)(H,17,18). The summed E-state index contributed by atoms with van der Waals surface area (Å²) < 4.78 is 0. The molecule has 0 atom stereocenters. The Hall–Kier alpha value is -1.36. The Kier molecular flexibility index (Phi) is 3.94. The molecule has 1 fully saturated rings. The fourth-order valence-corrected chi connectivity index (χ4v) is 3.64. The van der Waals surface area contributed by atoms with Gasteiger partial charge in [-0.2, -0.15) is 0 Å². The second kappa shape index (κ2) is 5.33. The van der Waals surface area contributed by atoms with Crippen LogP contribution >= 0.6 is 11.3 Å². The van der Waals surface area contributed by atoms with Crippen LogP contribution in [0.15, 0.2) is 6.07 Å². The lowest BCUT2D eigenvalue weighted by molar-refractivity contribution is -0.144. The third-order valence-electron chi connectivity index (χ3n) is 3.78. The summed E-state index contributed by atoms with van der Waals surface area (Å²) in [6, 6.07) is 1.85. The zero-order valence-corrected chi connectivity index (χ0v) is 12.1. The Morgan fingerprint density at radius 1 is 1.42 bits per heavy atom. The molecule has 19 heavy (non-hydrogen) atoms. The molecule has 1 aliphatic carbocycles. The molecule has 0 bridgehead atoms. The Morgan fingerprint density at radius 3 is 2.53 bits per heavy atom. The Morgan fingerprint density at radius 2 is 2.05 bits per heavy atom. The first-order valence-electron chi connectivity index (χ1n) is 6.64. The second-order valence-corrected chi connectivity index (χ2v) is 6.26. The van der Waals surface area contributed by atoms with Crippen molar-refractivity contribution >= 4 is 23.2 Å². The van der Waals surface area contributed by atoms with Crippen LogP contribution in [0.4, 0.5) is 0 Å². The van der Waals surface area contributed by atoms with Crippen LogP contribution < -0.4 is 5.32 Å². The van der Waals surface area contributed by atoms with Crippen LogP contribution in [0.2, 0.25) is 0 Å². The minimum atomic E-state index is -1.05. The summed E-state index contributed by atoms with van der Waals surface area (Å²) in [5, 5.41) is 12.1. The minimum Gasteiger partial charge on any atom is -0.480 e. The smallest absolute Gasteiger partial charge is 0.329 e. The van der Waals surface area contributed by atoms with E-state index in [0.717, 1.165) is 24.8 Å². The van der Waals surface area contributed by atoms with Crippen molar-refractivity contribution in [1.82, 2.24) is 5.32 Å². The monoisotopic (exact) mass is 281 g/mol. The molecule has 0 saturated heterocycles. The molecule has 1 aromatic rings. The van der Waals surface area contributed by atoms with Crippen LogP contribution in [0.25, 0.3) is 0 Å². The molecule has 0 radical (unpaired) electrons. The number of carbonyl (C=O) groups excluding carboxylic acids is 1. The van der Waals surface area contributed by atoms with Crippen LogP contribution in [0.3, 0.4) is 0 Å². The summed E-state index contributed by atoms with van der Waals surface area (Å²) >= 11 is 1.46. The molecule has 1 aliphatic rings. The first kappa shape index (κ1) is 14.1. The van der Waals surface area contributed by atoms with Gasteiger partial charge in [-0.3, -0.25) is 4.79 Å². The molecule has 1 heterocycles. The summed E-state index contributed by atoms with van der Waals surface area (Å²) in [6.07, 6.45) is 3.67. The molecule has 0 unspecified atom stereocenters. The van der Waals surface area contributed by atoms with Gasteiger partial charge in [0.2, 0.25) is 0 Å². The predicted octanol–water partition coefficient (Wildman–Crippen LogP) is 2.75. The van der Waals surface area contributed by atoms with Crippen LogP contribution in [-0.4, -0.2) is 22.5 Å². The summed E-state index contributed by atoms with van der Waals surface area (Å²) in [7, 11) is 0. The number of rotatable bonds is 4. The first-order valence-corrected chi connectivity index (χ1v) is 7.45. The largest absolute Gasteiger partial charge is 0.480 e. The third kappa shape index (κ3) is 2.66. The number of nitrogens with one attached hydrogen (secondary N) is 1. The summed E-state index contributed by atoms with van der Waals surface area (Å²) in [5.41, 5.74) is 0.0508. The predicted molar refractivity (Wildman–Crippen MR) is 74.7 cm³/mol. The third-order valence-corrected chi connectivity index (χ3v) is 5.16. The van der Waals surface area contributed by atoms with E-state index in [9.17, 15) is 14.7 Å². The van der Waals surface area contributed by atoms with E-state index in [0.29, 0.717) is 17.7 Å². The normalized spacial score (nSPS) is 17.4. The van der Waals surface area contributed by atoms with Gasteiger partial charge >= 0.3 is 5.97 Å². The van der Waals surface area contributed by atoms with E-state index in [1.54, 1.807) is 0 Å². The van der Waals surface area contributed by atoms with E-state index in [1.165, 1.54) is 16.2 Å². The van der Waals surface area contributed by atoms with Gasteiger partial charge in [-0.05, 0) is 37.8 Å². The molecule has 1 amide bonds. The van der Waals surface area contributed by atoms with Gasteiger partial charge in [-0.25, -0.2) is 4.79 Å². The van der Waals surface area contributed by atoms with Gasteiger partial charge in [0, 0.05) is 4.88 Å². The maximum Gasteiger partial charge on any atom is 0.329 e. The highest BCUT2D eigenvalue weighted by molar-refractivity contribution is 7.14. The summed E-state index contributed by atoms with van der Waals surface area (Å²) in [5.74, 6) is -1.17. The zero-order chi connectivity index (χ0) is 14.0. The lowest BCUT2D eigenvalue weighted by Crippen LogP contribution is -2.52. The van der Waals surface area contributed by atoms with Gasteiger partial charge in [-0.1, -0.05) is 19.8 Å². The Bertz CT molecular complexity index is 501. The molecule has 2 N–H and O–H groups in total. The number of hydrogen-bond acceptors (Lipinski definition) is 3. The number of amides is 1. The molecule has 2 rings (SSSR count). The van der Waals surface area contributed by atoms with Crippen molar-refractivity contribution in [2.45, 2.75) is 51.5 Å². The van der Waals surface area contributed by atoms with E-state index in [4.69, 9.17) is 0 Å². The maximum atomic E-state index is 12.2. The van der Waals surface area contributed by atoms with Crippen molar-refractivity contribution < 1.29 is 14.7 Å². The fraction of sp³-hybridized carbons (Fsp3) is 0.571. The fourth-order valence-electron chi connectivity index (χ4n) is 2.63. The molecule has 0 spiro atoms. The van der Waals surface area contributed by atoms with Crippen molar-refractivity contribution in [1.29, 1.82) is 0 Å². The van der Waals surface area contributed by atoms with E-state index in [1.807, 2.05) is 13.0 Å². The van der Waals surface area contributed by atoms with Crippen LogP contribution in [0.1, 0.15) is 52.7 Å². The molecule has 104 valence electrons. The van der Waals surface area contributed by atoms with Crippen molar-refractivity contribution in [3.05, 3.63) is 21.4 Å². The van der Waals surface area contributed by atoms with Crippen molar-refractivity contribution in [2.24, 2.45) is 0 Å². The Labute approximate surface area is 116 Å². The molecule has 4 nitrogen and oxygen atoms in total. The number of aliphatic carboxylic acids is 1. The number of carboxylic acids is 1. The van der Waals surface area contributed by atoms with E-state index in [-0.39, 0.29) is 5.91 Å². The van der Waals surface area contributed by atoms with Gasteiger partial charge in [0.05, 0.1) is 4.88 Å². The van der Waals surface area contributed by atoms with Gasteiger partial charge in [0.15, 0.2) is 0 Å². The van der Waals surface area contributed by atoms with Crippen LogP contribution in [0.5, 0.6) is 0 Å². The van der Waals surface area contributed by atoms with E-state index >= 15 is 0 Å². The quantitative estimate of drug-likeness (QED) is 0.891. The molecular weight excluding hydrogens is 262 g/mol. The van der Waals surface area contributed by atoms with Gasteiger partial charge in [0.25, 0.3) is 5.91 Å². The molecule has 1 aromatic heterocycles. The Balaban J connectivity index is 2.17. The molecular formula is C14H19NO3S. The highest BCUT2D eigenvalue weighted by Crippen LogP contribution is 2.31. The van der Waals surface area contributed by atoms with Crippen molar-refractivity contribution in [3.63, 3.8) is 0 Å². The topological polar surface area (TPSA) is 66.4 Å². The number of carbonyl (C=O) groups is 2. The van der Waals surface area contributed by atoms with Crippen LogP contribution in [0, 0.1) is 6.92 Å². The maximum absolute atomic E-state index is 12.2. The molecule has 5 heteroatoms. The number of hydrogen-bond donors (Lipinski definition) is 2. The minimum absolute atomic E-state index is 0.253. The average Bonchev–Trinajstić information content (AvgIpc) is 2.96. The number of carboxylic acid groups (broad SMARTS) is 1. The lowest BCUT2D eigenvalue weighted by Gasteiger charge is -2.24. The highest BCUT2D eigenvalue weighted by atomic mass is 32.1. The SMILES string of the molecule is CCc1sc(C(=O)NC2(C(=O)O)CCCC2)cc1C. The molecule has 0 aromatic carbocycles. The number of aryl methyl sites for hydroxylation is 2. The van der Waals surface area contributed by atoms with E-state index < -0.39 is 11.5 Å². The van der Waals surface area contributed by atoms with Crippen molar-refractivity contribution in [3.8, 4) is 0 Å². The zero-order valence-electron chi connectivity index (χ0n) is 11.3. The summed E-state index contributed by atoms with van der Waals surface area (Å²) in [4.78, 5) is 25.4. The average molecular weight is 281 g/mol. The van der Waals surface area contributed by atoms with E-state index in [2.05, 4.69) is 12.2 Å². The summed E-state index contributed by atoms with van der Waals surface area (Å²) in [6.45, 7) is 4.03. The van der Waals surface area contributed by atoms with Crippen LogP contribution in [-0.2, 0) is 11.2 Å². The second-order valence-electron chi connectivity index (χ2n) is 5.12. The van der Waals surface area contributed by atoms with Crippen molar-refractivity contribution in [2.75, 3.05) is 0 Å². The molecule has 1 saturated carbocycles. The van der Waals surface area contributed by atoms with Gasteiger partial charge in [-0.15, -0.1) is 11.3 Å². The highest BCUT2D eigenvalue weighted by Gasteiger charge is 2.42. The first-order chi connectivity index (χ1) is 8.98.